The highest BCUT2D eigenvalue weighted by molar-refractivity contribution is 9.10. The maximum atomic E-state index is 13.7. The molecule has 2 aromatic heterocycles. The third kappa shape index (κ3) is 11.9. The Balaban J connectivity index is 0.000000170. The number of rotatable bonds is 8. The van der Waals surface area contributed by atoms with E-state index < -0.39 is 30.0 Å². The van der Waals surface area contributed by atoms with Crippen molar-refractivity contribution in [1.82, 2.24) is 19.6 Å². The van der Waals surface area contributed by atoms with Gasteiger partial charge in [0.25, 0.3) is 14.8 Å². The summed E-state index contributed by atoms with van der Waals surface area (Å²) in [5.74, 6) is -1.35. The molecule has 4 aromatic rings. The van der Waals surface area contributed by atoms with E-state index in [0.29, 0.717) is 16.0 Å². The maximum Gasteiger partial charge on any atom is 0.496 e. The summed E-state index contributed by atoms with van der Waals surface area (Å²) in [6, 6.07) is 14.2. The van der Waals surface area contributed by atoms with Crippen molar-refractivity contribution in [3.05, 3.63) is 87.1 Å². The zero-order valence-electron chi connectivity index (χ0n) is 32.7. The molecule has 5 heterocycles. The van der Waals surface area contributed by atoms with Gasteiger partial charge in [0.05, 0.1) is 23.6 Å². The van der Waals surface area contributed by atoms with Crippen molar-refractivity contribution in [3.8, 4) is 11.1 Å². The highest BCUT2D eigenvalue weighted by Gasteiger charge is 2.52. The lowest BCUT2D eigenvalue weighted by molar-refractivity contribution is 0.00578. The van der Waals surface area contributed by atoms with Gasteiger partial charge in [0.1, 0.15) is 0 Å². The fraction of sp³-hybridized carbons (Fsp3) is 0.368. The second-order valence-electron chi connectivity index (χ2n) is 14.8. The molecule has 12 nitrogen and oxygen atoms in total. The molecule has 20 heteroatoms. The Morgan fingerprint density at radius 1 is 0.690 bits per heavy atom. The molecule has 2 aromatic carbocycles. The van der Waals surface area contributed by atoms with Crippen molar-refractivity contribution in [2.45, 2.75) is 38.9 Å². The van der Waals surface area contributed by atoms with Crippen molar-refractivity contribution >= 4 is 102 Å². The summed E-state index contributed by atoms with van der Waals surface area (Å²) in [5.41, 5.74) is 13.9. The first-order chi connectivity index (χ1) is 27.5. The first-order valence-electron chi connectivity index (χ1n) is 18.5. The summed E-state index contributed by atoms with van der Waals surface area (Å²) in [7, 11) is 2.55. The number of pyridine rings is 2. The van der Waals surface area contributed by atoms with E-state index >= 15 is 0 Å². The molecule has 3 aliphatic rings. The van der Waals surface area contributed by atoms with Crippen LogP contribution >= 0.6 is 39.1 Å². The summed E-state index contributed by atoms with van der Waals surface area (Å²) in [5, 5.41) is 1.30. The third-order valence-electron chi connectivity index (χ3n) is 10.3. The van der Waals surface area contributed by atoms with Gasteiger partial charge in [0.15, 0.2) is 23.3 Å². The smallest absolute Gasteiger partial charge is 0.399 e. The minimum Gasteiger partial charge on any atom is -0.399 e. The van der Waals surface area contributed by atoms with E-state index in [4.69, 9.17) is 44.0 Å². The molecule has 4 N–H and O–H groups in total. The molecule has 58 heavy (non-hydrogen) atoms. The van der Waals surface area contributed by atoms with Crippen LogP contribution in [0.3, 0.4) is 0 Å². The summed E-state index contributed by atoms with van der Waals surface area (Å²) in [4.78, 5) is 37.0. The van der Waals surface area contributed by atoms with Gasteiger partial charge in [-0.2, -0.15) is 0 Å². The highest BCUT2D eigenvalue weighted by Crippen LogP contribution is 2.36. The van der Waals surface area contributed by atoms with Crippen LogP contribution in [0.4, 0.5) is 31.8 Å². The SMILES string of the molecule is CC1(C)OB(c2cnc(N)c(F)c2)OC1(C)C.Nc1ncc(-c2cc(Cl)cc(N3CCN([B]C=O)CC3)c2)cc1F.O=C[B]N1CCN(c2cc(Cl)cc(Br)c2)CC1. The van der Waals surface area contributed by atoms with Gasteiger partial charge in [-0.05, 0) is 81.8 Å². The van der Waals surface area contributed by atoms with E-state index in [1.807, 2.05) is 61.6 Å². The number of nitrogens with two attached hydrogens (primary N) is 2. The van der Waals surface area contributed by atoms with E-state index in [-0.39, 0.29) is 11.6 Å². The van der Waals surface area contributed by atoms with Crippen LogP contribution in [0.1, 0.15) is 27.7 Å². The van der Waals surface area contributed by atoms with Crippen molar-refractivity contribution in [3.63, 3.8) is 0 Å². The molecule has 0 aliphatic carbocycles. The lowest BCUT2D eigenvalue weighted by Gasteiger charge is -2.35. The monoisotopic (exact) mass is 896 g/mol. The summed E-state index contributed by atoms with van der Waals surface area (Å²) in [6.45, 7) is 14.4. The Morgan fingerprint density at radius 3 is 1.62 bits per heavy atom. The fourth-order valence-electron chi connectivity index (χ4n) is 6.25. The number of nitrogens with zero attached hydrogens (tertiary/aromatic N) is 6. The molecular formula is C38H44B3BrCl2F2N8O4. The molecule has 3 fully saturated rings. The van der Waals surface area contributed by atoms with Crippen molar-refractivity contribution in [2.75, 3.05) is 73.6 Å². The first-order valence-corrected chi connectivity index (χ1v) is 20.0. The number of carbonyl (C=O) groups excluding carboxylic acids is 2. The van der Waals surface area contributed by atoms with Crippen LogP contribution in [-0.2, 0) is 18.9 Å². The van der Waals surface area contributed by atoms with E-state index in [9.17, 15) is 18.4 Å². The zero-order valence-corrected chi connectivity index (χ0v) is 35.8. The molecule has 0 bridgehead atoms. The standard InChI is InChI=1S/C16H16BClFN4O.C11H12BBrClN2O.C11H16BFN2O2/c18-13-5-11(12-7-15(19)16(20)21-9-12)6-14(8-13)22-1-3-23(4-2-22)17-10-24;13-9-5-10(14)7-11(6-9)15-1-3-16(4-2-15)12-8-17;1-10(2)11(3,4)17-12(16-10)7-5-8(13)9(14)15-6-7/h5-10H,1-4H2,(H2,20,21);5-8H,1-4H2;5-6H,1-4H3,(H2,14,15). The Kier molecular flexibility index (Phi) is 15.6. The van der Waals surface area contributed by atoms with Gasteiger partial charge in [-0.25, -0.2) is 18.7 Å². The third-order valence-corrected chi connectivity index (χ3v) is 11.1. The van der Waals surface area contributed by atoms with Crippen molar-refractivity contribution in [2.24, 2.45) is 0 Å². The van der Waals surface area contributed by atoms with Crippen LogP contribution in [0.15, 0.2) is 65.4 Å². The molecule has 0 saturated carbocycles. The average molecular weight is 898 g/mol. The van der Waals surface area contributed by atoms with Gasteiger partial charge in [0, 0.05) is 102 Å². The van der Waals surface area contributed by atoms with Crippen LogP contribution in [0.2, 0.25) is 10.0 Å². The number of benzene rings is 2. The molecule has 3 aliphatic heterocycles. The van der Waals surface area contributed by atoms with Gasteiger partial charge in [-0.1, -0.05) is 39.1 Å². The van der Waals surface area contributed by atoms with E-state index in [1.165, 1.54) is 24.5 Å². The zero-order chi connectivity index (χ0) is 42.2. The number of piperazine rings is 2. The molecule has 0 amide bonds. The molecule has 0 unspecified atom stereocenters. The lowest BCUT2D eigenvalue weighted by atomic mass is 9.80. The molecule has 0 atom stereocenters. The minimum absolute atomic E-state index is 0.120. The lowest BCUT2D eigenvalue weighted by Crippen LogP contribution is -2.48. The van der Waals surface area contributed by atoms with Crippen LogP contribution in [0.25, 0.3) is 11.1 Å². The molecule has 0 spiro atoms. The normalized spacial score (nSPS) is 17.7. The first kappa shape index (κ1) is 45.3. The van der Waals surface area contributed by atoms with E-state index in [1.54, 1.807) is 20.9 Å². The van der Waals surface area contributed by atoms with Crippen molar-refractivity contribution in [1.29, 1.82) is 0 Å². The fourth-order valence-corrected chi connectivity index (χ4v) is 7.33. The van der Waals surface area contributed by atoms with Gasteiger partial charge in [-0.15, -0.1) is 0 Å². The average Bonchev–Trinajstić information content (AvgIpc) is 3.40. The Hall–Kier alpha value is -3.77. The topological polar surface area (TPSA) is 143 Å². The Morgan fingerprint density at radius 2 is 1.16 bits per heavy atom. The van der Waals surface area contributed by atoms with E-state index in [0.717, 1.165) is 91.2 Å². The highest BCUT2D eigenvalue weighted by atomic mass is 79.9. The van der Waals surface area contributed by atoms with Crippen LogP contribution in [0.5, 0.6) is 0 Å². The van der Waals surface area contributed by atoms with Gasteiger partial charge < -0.3 is 49.8 Å². The Labute approximate surface area is 358 Å². The predicted octanol–water partition coefficient (Wildman–Crippen LogP) is 5.19. The van der Waals surface area contributed by atoms with Crippen LogP contribution in [-0.4, -0.2) is 117 Å². The van der Waals surface area contributed by atoms with Crippen LogP contribution in [0, 0.1) is 11.6 Å². The molecular weight excluding hydrogens is 854 g/mol. The summed E-state index contributed by atoms with van der Waals surface area (Å²) >= 11 is 15.7. The largest absolute Gasteiger partial charge is 0.496 e. The number of anilines is 4. The molecule has 7 rings (SSSR count). The van der Waals surface area contributed by atoms with E-state index in [2.05, 4.69) is 41.8 Å². The molecule has 3 saturated heterocycles. The van der Waals surface area contributed by atoms with Crippen molar-refractivity contribution < 1.29 is 27.7 Å². The van der Waals surface area contributed by atoms with Gasteiger partial charge >= 0.3 is 7.12 Å². The number of hydrogen-bond acceptors (Lipinski definition) is 12. The number of aromatic nitrogens is 2. The molecule has 304 valence electrons. The number of carbonyl (C=O) groups is 2. The molecule has 2 radical (unpaired) electrons. The number of halogens is 5. The maximum absolute atomic E-state index is 13.7. The van der Waals surface area contributed by atoms with Crippen LogP contribution < -0.4 is 26.7 Å². The minimum atomic E-state index is -0.609. The second kappa shape index (κ2) is 20.0. The quantitative estimate of drug-likeness (QED) is 0.178. The predicted molar refractivity (Wildman–Crippen MR) is 235 cm³/mol. The van der Waals surface area contributed by atoms with Gasteiger partial charge in [-0.3, -0.25) is 0 Å². The number of hydrogen-bond donors (Lipinski definition) is 2. The second-order valence-corrected chi connectivity index (χ2v) is 16.5. The van der Waals surface area contributed by atoms with Gasteiger partial charge in [0.2, 0.25) is 0 Å². The summed E-state index contributed by atoms with van der Waals surface area (Å²) in [6.07, 6.45) is 4.65. The number of nitrogen functional groups attached to an aromatic ring is 2. The Bertz CT molecular complexity index is 2030. The summed E-state index contributed by atoms with van der Waals surface area (Å²) < 4.78 is 39.5.